The molecular formula is C19H17ClFN3O3. The van der Waals surface area contributed by atoms with Gasteiger partial charge >= 0.3 is 0 Å². The number of carbonyl (C=O) groups is 1. The van der Waals surface area contributed by atoms with E-state index in [9.17, 15) is 9.18 Å². The molecule has 1 N–H and O–H groups in total. The molecular weight excluding hydrogens is 373 g/mol. The van der Waals surface area contributed by atoms with Crippen molar-refractivity contribution in [2.75, 3.05) is 19.5 Å². The molecule has 0 bridgehead atoms. The molecule has 3 rings (SSSR count). The Bertz CT molecular complexity index is 987. The third-order valence-electron chi connectivity index (χ3n) is 3.96. The van der Waals surface area contributed by atoms with Gasteiger partial charge in [-0.1, -0.05) is 11.6 Å². The number of carbonyl (C=O) groups excluding carboxylic acids is 1. The first kappa shape index (κ1) is 18.7. The van der Waals surface area contributed by atoms with E-state index in [1.54, 1.807) is 32.2 Å². The molecule has 0 aliphatic rings. The van der Waals surface area contributed by atoms with Crippen LogP contribution in [-0.2, 0) is 0 Å². The number of hydrogen-bond acceptors (Lipinski definition) is 4. The van der Waals surface area contributed by atoms with Gasteiger partial charge in [0, 0.05) is 6.07 Å². The van der Waals surface area contributed by atoms with Crippen LogP contribution in [0.25, 0.3) is 5.69 Å². The molecule has 2 aromatic carbocycles. The second kappa shape index (κ2) is 7.67. The van der Waals surface area contributed by atoms with E-state index < -0.39 is 5.91 Å². The number of aryl methyl sites for hydroxylation is 1. The van der Waals surface area contributed by atoms with Gasteiger partial charge in [0.25, 0.3) is 5.91 Å². The minimum absolute atomic E-state index is 0.129. The molecule has 1 aromatic heterocycles. The number of methoxy groups -OCH3 is 2. The lowest BCUT2D eigenvalue weighted by molar-refractivity contribution is 0.102. The molecule has 0 unspecified atom stereocenters. The van der Waals surface area contributed by atoms with Gasteiger partial charge in [-0.15, -0.1) is 0 Å². The molecule has 3 aromatic rings. The van der Waals surface area contributed by atoms with Crippen molar-refractivity contribution in [1.29, 1.82) is 0 Å². The highest BCUT2D eigenvalue weighted by Crippen LogP contribution is 2.31. The quantitative estimate of drug-likeness (QED) is 0.708. The lowest BCUT2D eigenvalue weighted by atomic mass is 10.2. The zero-order chi connectivity index (χ0) is 19.6. The van der Waals surface area contributed by atoms with E-state index in [0.717, 1.165) is 0 Å². The van der Waals surface area contributed by atoms with Crippen LogP contribution in [0.1, 0.15) is 16.1 Å². The second-order valence-electron chi connectivity index (χ2n) is 5.66. The fourth-order valence-electron chi connectivity index (χ4n) is 2.60. The lowest BCUT2D eigenvalue weighted by Crippen LogP contribution is -2.14. The van der Waals surface area contributed by atoms with Crippen LogP contribution < -0.4 is 14.8 Å². The highest BCUT2D eigenvalue weighted by Gasteiger charge is 2.22. The minimum atomic E-state index is -0.436. The Morgan fingerprint density at radius 3 is 2.48 bits per heavy atom. The third kappa shape index (κ3) is 3.73. The molecule has 0 aliphatic carbocycles. The van der Waals surface area contributed by atoms with Crippen LogP contribution in [0.15, 0.2) is 42.5 Å². The van der Waals surface area contributed by atoms with Crippen LogP contribution in [0, 0.1) is 12.7 Å². The smallest absolute Gasteiger partial charge is 0.260 e. The second-order valence-corrected chi connectivity index (χ2v) is 6.02. The first-order chi connectivity index (χ1) is 12.9. The fourth-order valence-corrected chi connectivity index (χ4v) is 2.95. The SMILES string of the molecule is COc1ccc(NC(=O)c2c(C)nn(-c3ccc(F)cc3)c2Cl)c(OC)c1. The summed E-state index contributed by atoms with van der Waals surface area (Å²) in [5, 5.41) is 7.19. The number of rotatable bonds is 5. The molecule has 140 valence electrons. The molecule has 27 heavy (non-hydrogen) atoms. The van der Waals surface area contributed by atoms with E-state index in [1.807, 2.05) is 0 Å². The normalized spacial score (nSPS) is 10.6. The van der Waals surface area contributed by atoms with Gasteiger partial charge in [-0.25, -0.2) is 9.07 Å². The maximum atomic E-state index is 13.1. The van der Waals surface area contributed by atoms with Gasteiger partial charge in [0.15, 0.2) is 0 Å². The van der Waals surface area contributed by atoms with Crippen molar-refractivity contribution in [3.8, 4) is 17.2 Å². The summed E-state index contributed by atoms with van der Waals surface area (Å²) in [6, 6.07) is 10.7. The van der Waals surface area contributed by atoms with E-state index in [2.05, 4.69) is 10.4 Å². The standard InChI is InChI=1S/C19H17ClFN3O3/c1-11-17(18(20)24(23-11)13-6-4-12(21)5-7-13)19(25)22-15-9-8-14(26-2)10-16(15)27-3/h4-10H,1-3H3,(H,22,25). The monoisotopic (exact) mass is 389 g/mol. The Labute approximate surface area is 160 Å². The summed E-state index contributed by atoms with van der Waals surface area (Å²) < 4.78 is 25.0. The van der Waals surface area contributed by atoms with Crippen molar-refractivity contribution in [2.45, 2.75) is 6.92 Å². The van der Waals surface area contributed by atoms with Gasteiger partial charge in [-0.3, -0.25) is 4.79 Å². The van der Waals surface area contributed by atoms with Crippen LogP contribution in [0.4, 0.5) is 10.1 Å². The van der Waals surface area contributed by atoms with Gasteiger partial charge < -0.3 is 14.8 Å². The summed E-state index contributed by atoms with van der Waals surface area (Å²) in [4.78, 5) is 12.8. The number of amides is 1. The van der Waals surface area contributed by atoms with E-state index >= 15 is 0 Å². The molecule has 0 atom stereocenters. The Hall–Kier alpha value is -3.06. The molecule has 0 saturated carbocycles. The minimum Gasteiger partial charge on any atom is -0.497 e. The van der Waals surface area contributed by atoms with Crippen molar-refractivity contribution in [3.05, 3.63) is 64.7 Å². The van der Waals surface area contributed by atoms with E-state index in [-0.39, 0.29) is 16.5 Å². The van der Waals surface area contributed by atoms with Crippen molar-refractivity contribution < 1.29 is 18.7 Å². The van der Waals surface area contributed by atoms with Crippen LogP contribution in [0.5, 0.6) is 11.5 Å². The van der Waals surface area contributed by atoms with E-state index in [1.165, 1.54) is 36.1 Å². The Morgan fingerprint density at radius 1 is 1.15 bits per heavy atom. The number of ether oxygens (including phenoxy) is 2. The summed E-state index contributed by atoms with van der Waals surface area (Å²) in [6.07, 6.45) is 0. The number of nitrogens with one attached hydrogen (secondary N) is 1. The summed E-state index contributed by atoms with van der Waals surface area (Å²) >= 11 is 6.38. The molecule has 0 spiro atoms. The maximum Gasteiger partial charge on any atom is 0.260 e. The Balaban J connectivity index is 1.93. The first-order valence-corrected chi connectivity index (χ1v) is 8.37. The summed E-state index contributed by atoms with van der Waals surface area (Å²) in [7, 11) is 3.04. The predicted molar refractivity (Wildman–Crippen MR) is 101 cm³/mol. The highest BCUT2D eigenvalue weighted by atomic mass is 35.5. The number of hydrogen-bond donors (Lipinski definition) is 1. The summed E-state index contributed by atoms with van der Waals surface area (Å²) in [6.45, 7) is 1.67. The van der Waals surface area contributed by atoms with Gasteiger partial charge in [-0.2, -0.15) is 5.10 Å². The number of nitrogens with zero attached hydrogens (tertiary/aromatic N) is 2. The zero-order valence-corrected chi connectivity index (χ0v) is 15.7. The summed E-state index contributed by atoms with van der Waals surface area (Å²) in [5.74, 6) is 0.239. The molecule has 0 aliphatic heterocycles. The molecule has 6 nitrogen and oxygen atoms in total. The molecule has 1 amide bonds. The van der Waals surface area contributed by atoms with Gasteiger partial charge in [-0.05, 0) is 43.3 Å². The molecule has 1 heterocycles. The van der Waals surface area contributed by atoms with Crippen molar-refractivity contribution in [2.24, 2.45) is 0 Å². The third-order valence-corrected chi connectivity index (χ3v) is 4.31. The first-order valence-electron chi connectivity index (χ1n) is 7.99. The van der Waals surface area contributed by atoms with Crippen LogP contribution >= 0.6 is 11.6 Å². The predicted octanol–water partition coefficient (Wildman–Crippen LogP) is 4.24. The number of halogens is 2. The van der Waals surface area contributed by atoms with Gasteiger partial charge in [0.1, 0.15) is 28.0 Å². The zero-order valence-electron chi connectivity index (χ0n) is 14.9. The average molecular weight is 390 g/mol. The molecule has 0 fully saturated rings. The Morgan fingerprint density at radius 2 is 1.85 bits per heavy atom. The number of anilines is 1. The highest BCUT2D eigenvalue weighted by molar-refractivity contribution is 6.34. The lowest BCUT2D eigenvalue weighted by Gasteiger charge is -2.11. The largest absolute Gasteiger partial charge is 0.497 e. The average Bonchev–Trinajstić information content (AvgIpc) is 2.97. The fraction of sp³-hybridized carbons (Fsp3) is 0.158. The molecule has 8 heteroatoms. The maximum absolute atomic E-state index is 13.1. The van der Waals surface area contributed by atoms with Gasteiger partial charge in [0.2, 0.25) is 0 Å². The van der Waals surface area contributed by atoms with Crippen LogP contribution in [0.2, 0.25) is 5.15 Å². The van der Waals surface area contributed by atoms with Gasteiger partial charge in [0.05, 0.1) is 31.3 Å². The van der Waals surface area contributed by atoms with Crippen LogP contribution in [0.3, 0.4) is 0 Å². The van der Waals surface area contributed by atoms with Crippen molar-refractivity contribution in [1.82, 2.24) is 9.78 Å². The van der Waals surface area contributed by atoms with E-state index in [4.69, 9.17) is 21.1 Å². The van der Waals surface area contributed by atoms with E-state index in [0.29, 0.717) is 28.6 Å². The van der Waals surface area contributed by atoms with Crippen molar-refractivity contribution >= 4 is 23.2 Å². The topological polar surface area (TPSA) is 65.4 Å². The molecule has 0 radical (unpaired) electrons. The molecule has 0 saturated heterocycles. The number of benzene rings is 2. The Kier molecular flexibility index (Phi) is 5.32. The summed E-state index contributed by atoms with van der Waals surface area (Å²) in [5.41, 5.74) is 1.67. The number of aromatic nitrogens is 2. The van der Waals surface area contributed by atoms with Crippen molar-refractivity contribution in [3.63, 3.8) is 0 Å². The van der Waals surface area contributed by atoms with Crippen LogP contribution in [-0.4, -0.2) is 29.9 Å².